The molecule has 0 spiro atoms. The lowest BCUT2D eigenvalue weighted by atomic mass is 9.85. The van der Waals surface area contributed by atoms with Crippen molar-refractivity contribution in [3.63, 3.8) is 0 Å². The third kappa shape index (κ3) is 8.57. The van der Waals surface area contributed by atoms with Crippen LogP contribution in [0.5, 0.6) is 0 Å². The summed E-state index contributed by atoms with van der Waals surface area (Å²) in [6, 6.07) is 19.6. The second kappa shape index (κ2) is 15.5. The molecule has 0 aliphatic carbocycles. The highest BCUT2D eigenvalue weighted by atomic mass is 32.1. The van der Waals surface area contributed by atoms with E-state index in [0.29, 0.717) is 54.5 Å². The highest BCUT2D eigenvalue weighted by molar-refractivity contribution is 7.09. The number of carbonyl (C=O) groups is 2. The number of likely N-dealkylation sites (tertiary alicyclic amines) is 1. The topological polar surface area (TPSA) is 96.5 Å². The van der Waals surface area contributed by atoms with Crippen LogP contribution in [0.1, 0.15) is 86.3 Å². The van der Waals surface area contributed by atoms with Crippen molar-refractivity contribution in [2.45, 2.75) is 70.2 Å². The molecule has 11 heteroatoms. The number of oxazole rings is 1. The highest BCUT2D eigenvalue weighted by Crippen LogP contribution is 2.36. The van der Waals surface area contributed by atoms with Gasteiger partial charge < -0.3 is 14.4 Å². The summed E-state index contributed by atoms with van der Waals surface area (Å²) in [5.41, 5.74) is 2.82. The van der Waals surface area contributed by atoms with Crippen molar-refractivity contribution in [3.05, 3.63) is 129 Å². The average Bonchev–Trinajstić information content (AvgIpc) is 3.90. The van der Waals surface area contributed by atoms with E-state index in [1.54, 1.807) is 24.3 Å². The zero-order valence-electron chi connectivity index (χ0n) is 27.6. The molecule has 3 heterocycles. The number of thiazole rings is 1. The minimum absolute atomic E-state index is 0.00693. The Hall–Kier alpha value is -4.61. The van der Waals surface area contributed by atoms with E-state index in [4.69, 9.17) is 4.42 Å². The maximum absolute atomic E-state index is 14.1. The van der Waals surface area contributed by atoms with Crippen LogP contribution in [0.25, 0.3) is 11.5 Å². The SMILES string of the molecule is Cc1csc([C@H]2CCCN2C(=O)c2cc(C(=O)C[C@@H](Cc3ccccc3)[C@H](O)CCCc3cccc(C(F)(F)F)c3)cc(-c3ncco3)c2)n1. The third-order valence-corrected chi connectivity index (χ3v) is 10.2. The summed E-state index contributed by atoms with van der Waals surface area (Å²) >= 11 is 1.54. The Balaban J connectivity index is 1.23. The molecule has 3 atom stereocenters. The molecule has 0 radical (unpaired) electrons. The van der Waals surface area contributed by atoms with Crippen LogP contribution in [0.15, 0.2) is 95.1 Å². The van der Waals surface area contributed by atoms with Crippen LogP contribution in [-0.4, -0.2) is 44.3 Å². The summed E-state index contributed by atoms with van der Waals surface area (Å²) in [6.45, 7) is 2.50. The molecule has 1 N–H and O–H groups in total. The monoisotopic (exact) mass is 701 g/mol. The second-order valence-corrected chi connectivity index (χ2v) is 13.7. The van der Waals surface area contributed by atoms with Crippen molar-refractivity contribution < 1.29 is 32.3 Å². The van der Waals surface area contributed by atoms with Gasteiger partial charge >= 0.3 is 6.18 Å². The molecule has 6 rings (SSSR count). The first kappa shape index (κ1) is 35.2. The molecule has 260 valence electrons. The Morgan fingerprint density at radius 1 is 1.04 bits per heavy atom. The maximum atomic E-state index is 14.1. The van der Waals surface area contributed by atoms with E-state index in [1.165, 1.54) is 29.9 Å². The van der Waals surface area contributed by atoms with E-state index in [0.717, 1.165) is 41.2 Å². The smallest absolute Gasteiger partial charge is 0.416 e. The Morgan fingerprint density at radius 3 is 2.54 bits per heavy atom. The fourth-order valence-electron chi connectivity index (χ4n) is 6.63. The molecule has 1 amide bonds. The number of aliphatic hydroxyl groups excluding tert-OH is 1. The molecule has 1 fully saturated rings. The van der Waals surface area contributed by atoms with Gasteiger partial charge in [-0.25, -0.2) is 9.97 Å². The first-order chi connectivity index (χ1) is 24.0. The number of benzene rings is 3. The van der Waals surface area contributed by atoms with Crippen molar-refractivity contribution in [2.24, 2.45) is 5.92 Å². The molecular weight excluding hydrogens is 664 g/mol. The molecule has 2 aromatic heterocycles. The van der Waals surface area contributed by atoms with Gasteiger partial charge in [0.2, 0.25) is 5.89 Å². The first-order valence-electron chi connectivity index (χ1n) is 16.7. The Bertz CT molecular complexity index is 1910. The van der Waals surface area contributed by atoms with Gasteiger partial charge in [-0.15, -0.1) is 11.3 Å². The van der Waals surface area contributed by atoms with E-state index in [2.05, 4.69) is 9.97 Å². The molecule has 0 bridgehead atoms. The summed E-state index contributed by atoms with van der Waals surface area (Å²) < 4.78 is 45.2. The number of nitrogens with zero attached hydrogens (tertiary/aromatic N) is 3. The van der Waals surface area contributed by atoms with E-state index in [1.807, 2.05) is 47.5 Å². The Morgan fingerprint density at radius 2 is 1.82 bits per heavy atom. The third-order valence-electron chi connectivity index (χ3n) is 9.17. The molecule has 7 nitrogen and oxygen atoms in total. The number of hydrogen-bond donors (Lipinski definition) is 1. The first-order valence-corrected chi connectivity index (χ1v) is 17.6. The van der Waals surface area contributed by atoms with Crippen molar-refractivity contribution >= 4 is 23.0 Å². The van der Waals surface area contributed by atoms with Crippen molar-refractivity contribution in [1.82, 2.24) is 14.9 Å². The summed E-state index contributed by atoms with van der Waals surface area (Å²) in [5.74, 6) is -0.665. The maximum Gasteiger partial charge on any atom is 0.416 e. The molecule has 5 aromatic rings. The lowest BCUT2D eigenvalue weighted by Gasteiger charge is -2.24. The minimum atomic E-state index is -4.43. The lowest BCUT2D eigenvalue weighted by Crippen LogP contribution is -2.31. The summed E-state index contributed by atoms with van der Waals surface area (Å²) in [5, 5.41) is 14.3. The molecular formula is C39H38F3N3O4S. The number of ketones is 1. The molecule has 0 saturated carbocycles. The largest absolute Gasteiger partial charge is 0.445 e. The van der Waals surface area contributed by atoms with Crippen LogP contribution in [0, 0.1) is 12.8 Å². The average molecular weight is 702 g/mol. The van der Waals surface area contributed by atoms with Gasteiger partial charge in [-0.1, -0.05) is 48.5 Å². The number of aromatic nitrogens is 2. The number of amides is 1. The van der Waals surface area contributed by atoms with Gasteiger partial charge in [0.15, 0.2) is 5.78 Å². The molecule has 0 unspecified atom stereocenters. The molecule has 1 aliphatic rings. The van der Waals surface area contributed by atoms with E-state index in [-0.39, 0.29) is 30.0 Å². The molecule has 50 heavy (non-hydrogen) atoms. The number of halogens is 3. The lowest BCUT2D eigenvalue weighted by molar-refractivity contribution is -0.137. The summed E-state index contributed by atoms with van der Waals surface area (Å²) in [4.78, 5) is 38.8. The molecule has 3 aromatic carbocycles. The second-order valence-electron chi connectivity index (χ2n) is 12.9. The summed E-state index contributed by atoms with van der Waals surface area (Å²) in [6.07, 6.45) is 0.756. The van der Waals surface area contributed by atoms with Gasteiger partial charge in [0.1, 0.15) is 11.3 Å². The minimum Gasteiger partial charge on any atom is -0.445 e. The van der Waals surface area contributed by atoms with E-state index >= 15 is 0 Å². The van der Waals surface area contributed by atoms with Crippen molar-refractivity contribution in [3.8, 4) is 11.5 Å². The zero-order chi connectivity index (χ0) is 35.3. The van der Waals surface area contributed by atoms with Gasteiger partial charge in [-0.2, -0.15) is 13.2 Å². The number of alkyl halides is 3. The zero-order valence-corrected chi connectivity index (χ0v) is 28.4. The van der Waals surface area contributed by atoms with Gasteiger partial charge in [-0.3, -0.25) is 9.59 Å². The number of rotatable bonds is 13. The Kier molecular flexibility index (Phi) is 10.9. The number of aryl methyl sites for hydroxylation is 2. The summed E-state index contributed by atoms with van der Waals surface area (Å²) in [7, 11) is 0. The Labute approximate surface area is 292 Å². The van der Waals surface area contributed by atoms with E-state index in [9.17, 15) is 27.9 Å². The van der Waals surface area contributed by atoms with Crippen molar-refractivity contribution in [2.75, 3.05) is 6.54 Å². The normalized spacial score (nSPS) is 16.0. The van der Waals surface area contributed by atoms with Crippen LogP contribution >= 0.6 is 11.3 Å². The van der Waals surface area contributed by atoms with Crippen LogP contribution in [0.4, 0.5) is 13.2 Å². The number of carbonyl (C=O) groups excluding carboxylic acids is 2. The van der Waals surface area contributed by atoms with Crippen molar-refractivity contribution in [1.29, 1.82) is 0 Å². The number of hydrogen-bond acceptors (Lipinski definition) is 7. The number of aliphatic hydroxyl groups is 1. The predicted molar refractivity (Wildman–Crippen MR) is 185 cm³/mol. The van der Waals surface area contributed by atoms with Gasteiger partial charge in [0.25, 0.3) is 5.91 Å². The molecule has 1 aliphatic heterocycles. The van der Waals surface area contributed by atoms with E-state index < -0.39 is 23.8 Å². The van der Waals surface area contributed by atoms with Crippen LogP contribution in [0.3, 0.4) is 0 Å². The van der Waals surface area contributed by atoms with Crippen LogP contribution in [-0.2, 0) is 19.0 Å². The number of Topliss-reactive ketones (excluding diaryl/α,β-unsaturated/α-hetero) is 1. The van der Waals surface area contributed by atoms with Gasteiger partial charge in [0, 0.05) is 40.7 Å². The van der Waals surface area contributed by atoms with Gasteiger partial charge in [-0.05, 0) is 86.8 Å². The molecule has 1 saturated heterocycles. The predicted octanol–water partition coefficient (Wildman–Crippen LogP) is 8.92. The fourth-order valence-corrected chi connectivity index (χ4v) is 7.57. The highest BCUT2D eigenvalue weighted by Gasteiger charge is 2.34. The fraction of sp³-hybridized carbons (Fsp3) is 0.333. The quantitative estimate of drug-likeness (QED) is 0.123. The van der Waals surface area contributed by atoms with Crippen LogP contribution in [0.2, 0.25) is 0 Å². The standard InChI is InChI=1S/C39H38F3N3O4S/c1-25-24-50-37(44-25)33-13-7-16-45(33)38(48)31-21-29(20-30(22-31)36-43-15-17-49-36)35(47)23-28(18-26-8-3-2-4-9-26)34(46)14-6-11-27-10-5-12-32(19-27)39(40,41)42/h2-5,8-10,12,15,17,19-22,24,28,33-34,46H,6-7,11,13-14,16,18,23H2,1H3/t28-,33-,34-/m1/s1. The van der Waals surface area contributed by atoms with Crippen LogP contribution < -0.4 is 0 Å². The van der Waals surface area contributed by atoms with Gasteiger partial charge in [0.05, 0.1) is 23.9 Å².